The summed E-state index contributed by atoms with van der Waals surface area (Å²) in [7, 11) is 0. The summed E-state index contributed by atoms with van der Waals surface area (Å²) in [6.45, 7) is 2.42. The van der Waals surface area contributed by atoms with Gasteiger partial charge in [0.25, 0.3) is 0 Å². The number of halogens is 3. The van der Waals surface area contributed by atoms with E-state index in [9.17, 15) is 13.2 Å². The number of rotatable bonds is 5. The van der Waals surface area contributed by atoms with Gasteiger partial charge in [0, 0.05) is 10.9 Å². The fourth-order valence-electron chi connectivity index (χ4n) is 2.16. The summed E-state index contributed by atoms with van der Waals surface area (Å²) in [5, 5.41) is 14.9. The Kier molecular flexibility index (Phi) is 4.61. The topological polar surface area (TPSA) is 56.5 Å². The van der Waals surface area contributed by atoms with Crippen LogP contribution in [0.5, 0.6) is 0 Å². The first-order chi connectivity index (χ1) is 11.5. The van der Waals surface area contributed by atoms with Crippen LogP contribution in [0.25, 0.3) is 11.4 Å². The lowest BCUT2D eigenvalue weighted by Gasteiger charge is -2.06. The summed E-state index contributed by atoms with van der Waals surface area (Å²) in [4.78, 5) is 5.80. The smallest absolute Gasteiger partial charge is 0.244 e. The summed E-state index contributed by atoms with van der Waals surface area (Å²) in [5.41, 5.74) is 0.359. The van der Waals surface area contributed by atoms with Crippen LogP contribution in [0, 0.1) is 0 Å². The minimum Gasteiger partial charge on any atom is -0.244 e. The van der Waals surface area contributed by atoms with Crippen LogP contribution in [0.15, 0.2) is 29.6 Å². The van der Waals surface area contributed by atoms with Gasteiger partial charge in [0.05, 0.1) is 16.3 Å². The molecule has 1 aromatic carbocycles. The van der Waals surface area contributed by atoms with Crippen molar-refractivity contribution < 1.29 is 13.2 Å². The van der Waals surface area contributed by atoms with Gasteiger partial charge in [-0.15, -0.1) is 21.5 Å². The molecule has 0 bridgehead atoms. The van der Waals surface area contributed by atoms with Crippen molar-refractivity contribution in [1.29, 1.82) is 0 Å². The Hall–Kier alpha value is -2.29. The van der Waals surface area contributed by atoms with Crippen LogP contribution in [0.4, 0.5) is 13.2 Å². The van der Waals surface area contributed by atoms with Crippen molar-refractivity contribution in [2.75, 3.05) is 0 Å². The molecule has 9 heteroatoms. The van der Waals surface area contributed by atoms with E-state index < -0.39 is 11.7 Å². The standard InChI is InChI=1S/C15H14F3N5S/c1-2-4-13-19-12(9-24-13)8-23-21-14(20-22-23)10-5-3-6-11(7-10)15(16,17)18/h3,5-7,9H,2,4,8H2,1H3. The van der Waals surface area contributed by atoms with Gasteiger partial charge >= 0.3 is 6.18 Å². The Bertz CT molecular complexity index is 824. The van der Waals surface area contributed by atoms with Crippen molar-refractivity contribution in [3.63, 3.8) is 0 Å². The zero-order valence-electron chi connectivity index (χ0n) is 12.8. The Morgan fingerprint density at radius 3 is 2.83 bits per heavy atom. The molecule has 0 N–H and O–H groups in total. The van der Waals surface area contributed by atoms with Crippen LogP contribution in [-0.4, -0.2) is 25.2 Å². The highest BCUT2D eigenvalue weighted by atomic mass is 32.1. The van der Waals surface area contributed by atoms with Crippen LogP contribution in [0.2, 0.25) is 0 Å². The molecule has 3 rings (SSSR count). The Morgan fingerprint density at radius 1 is 1.25 bits per heavy atom. The maximum Gasteiger partial charge on any atom is 0.416 e. The highest BCUT2D eigenvalue weighted by Crippen LogP contribution is 2.31. The molecular formula is C15H14F3N5S. The highest BCUT2D eigenvalue weighted by Gasteiger charge is 2.30. The van der Waals surface area contributed by atoms with Gasteiger partial charge in [-0.25, -0.2) is 4.98 Å². The summed E-state index contributed by atoms with van der Waals surface area (Å²) in [6.07, 6.45) is -2.46. The maximum atomic E-state index is 12.8. The molecule has 2 heterocycles. The number of aromatic nitrogens is 5. The molecule has 0 atom stereocenters. The fourth-order valence-corrected chi connectivity index (χ4v) is 3.05. The molecular weight excluding hydrogens is 339 g/mol. The Labute approximate surface area is 140 Å². The van der Waals surface area contributed by atoms with Gasteiger partial charge in [-0.05, 0) is 30.2 Å². The number of thiazole rings is 1. The maximum absolute atomic E-state index is 12.8. The summed E-state index contributed by atoms with van der Waals surface area (Å²) < 4.78 is 38.3. The van der Waals surface area contributed by atoms with E-state index in [2.05, 4.69) is 27.3 Å². The molecule has 0 fully saturated rings. The molecule has 5 nitrogen and oxygen atoms in total. The quantitative estimate of drug-likeness (QED) is 0.700. The Morgan fingerprint density at radius 2 is 2.08 bits per heavy atom. The van der Waals surface area contributed by atoms with E-state index in [0.717, 1.165) is 35.7 Å². The van der Waals surface area contributed by atoms with Gasteiger partial charge in [-0.3, -0.25) is 0 Å². The zero-order chi connectivity index (χ0) is 17.2. The lowest BCUT2D eigenvalue weighted by Crippen LogP contribution is -2.05. The lowest BCUT2D eigenvalue weighted by molar-refractivity contribution is -0.137. The predicted molar refractivity (Wildman–Crippen MR) is 83.5 cm³/mol. The minimum absolute atomic E-state index is 0.158. The van der Waals surface area contributed by atoms with Crippen molar-refractivity contribution in [3.05, 3.63) is 45.9 Å². The molecule has 0 unspecified atom stereocenters. The number of hydrogen-bond donors (Lipinski definition) is 0. The molecule has 0 amide bonds. The van der Waals surface area contributed by atoms with E-state index in [1.165, 1.54) is 16.9 Å². The van der Waals surface area contributed by atoms with Gasteiger partial charge in [-0.2, -0.15) is 18.0 Å². The molecule has 0 aliphatic carbocycles. The van der Waals surface area contributed by atoms with Gasteiger partial charge < -0.3 is 0 Å². The molecule has 0 saturated carbocycles. The van der Waals surface area contributed by atoms with Gasteiger partial charge in [0.15, 0.2) is 0 Å². The fraction of sp³-hybridized carbons (Fsp3) is 0.333. The average molecular weight is 353 g/mol. The molecule has 0 saturated heterocycles. The second-order valence-corrected chi connectivity index (χ2v) is 6.15. The lowest BCUT2D eigenvalue weighted by atomic mass is 10.1. The molecule has 3 aromatic rings. The van der Waals surface area contributed by atoms with Crippen LogP contribution >= 0.6 is 11.3 Å². The number of tetrazole rings is 1. The number of hydrogen-bond acceptors (Lipinski definition) is 5. The van der Waals surface area contributed by atoms with Crippen LogP contribution < -0.4 is 0 Å². The third-order valence-corrected chi connectivity index (χ3v) is 4.22. The first-order valence-corrected chi connectivity index (χ1v) is 8.22. The molecule has 24 heavy (non-hydrogen) atoms. The van der Waals surface area contributed by atoms with E-state index in [0.29, 0.717) is 6.54 Å². The third-order valence-electron chi connectivity index (χ3n) is 3.27. The normalized spacial score (nSPS) is 11.8. The molecule has 0 radical (unpaired) electrons. The van der Waals surface area contributed by atoms with Crippen molar-refractivity contribution in [1.82, 2.24) is 25.2 Å². The molecule has 2 aromatic heterocycles. The van der Waals surface area contributed by atoms with Gasteiger partial charge in [-0.1, -0.05) is 19.1 Å². The molecule has 0 spiro atoms. The predicted octanol–water partition coefficient (Wildman–Crippen LogP) is 3.82. The first-order valence-electron chi connectivity index (χ1n) is 7.34. The molecule has 0 aliphatic heterocycles. The van der Waals surface area contributed by atoms with E-state index in [-0.39, 0.29) is 11.4 Å². The highest BCUT2D eigenvalue weighted by molar-refractivity contribution is 7.09. The summed E-state index contributed by atoms with van der Waals surface area (Å²) >= 11 is 1.58. The number of aryl methyl sites for hydroxylation is 1. The van der Waals surface area contributed by atoms with E-state index in [1.54, 1.807) is 11.3 Å². The zero-order valence-corrected chi connectivity index (χ0v) is 13.6. The second-order valence-electron chi connectivity index (χ2n) is 5.20. The number of nitrogens with zero attached hydrogens (tertiary/aromatic N) is 5. The first kappa shape index (κ1) is 16.6. The summed E-state index contributed by atoms with van der Waals surface area (Å²) in [6, 6.07) is 4.89. The summed E-state index contributed by atoms with van der Waals surface area (Å²) in [5.74, 6) is 0.158. The second kappa shape index (κ2) is 6.68. The Balaban J connectivity index is 1.78. The van der Waals surface area contributed by atoms with Crippen molar-refractivity contribution >= 4 is 11.3 Å². The third kappa shape index (κ3) is 3.78. The van der Waals surface area contributed by atoms with Gasteiger partial charge in [0.1, 0.15) is 6.54 Å². The van der Waals surface area contributed by atoms with Crippen LogP contribution in [0.3, 0.4) is 0 Å². The van der Waals surface area contributed by atoms with Crippen LogP contribution in [-0.2, 0) is 19.1 Å². The van der Waals surface area contributed by atoms with E-state index in [4.69, 9.17) is 0 Å². The van der Waals surface area contributed by atoms with Gasteiger partial charge in [0.2, 0.25) is 5.82 Å². The van der Waals surface area contributed by atoms with Crippen molar-refractivity contribution in [2.45, 2.75) is 32.5 Å². The van der Waals surface area contributed by atoms with Crippen LogP contribution in [0.1, 0.15) is 29.6 Å². The average Bonchev–Trinajstić information content (AvgIpc) is 3.17. The minimum atomic E-state index is -4.40. The molecule has 126 valence electrons. The monoisotopic (exact) mass is 353 g/mol. The number of alkyl halides is 3. The SMILES string of the molecule is CCCc1nc(Cn2nnc(-c3cccc(C(F)(F)F)c3)n2)cs1. The molecule has 0 aliphatic rings. The van der Waals surface area contributed by atoms with E-state index >= 15 is 0 Å². The largest absolute Gasteiger partial charge is 0.416 e. The van der Waals surface area contributed by atoms with Crippen molar-refractivity contribution in [3.8, 4) is 11.4 Å². The number of benzene rings is 1. The van der Waals surface area contributed by atoms with Crippen molar-refractivity contribution in [2.24, 2.45) is 0 Å². The van der Waals surface area contributed by atoms with E-state index in [1.807, 2.05) is 5.38 Å².